The predicted octanol–water partition coefficient (Wildman–Crippen LogP) is -0.311. The molecule has 0 radical (unpaired) electrons. The first-order valence-electron chi connectivity index (χ1n) is 3.07. The van der Waals surface area contributed by atoms with Crippen LogP contribution in [0.1, 0.15) is 0 Å². The maximum atomic E-state index is 10.5. The van der Waals surface area contributed by atoms with Crippen molar-refractivity contribution in [3.63, 3.8) is 0 Å². The molecule has 0 aromatic rings. The van der Waals surface area contributed by atoms with Gasteiger partial charge in [0, 0.05) is 12.2 Å². The average Bonchev–Trinajstić information content (AvgIpc) is 2.02. The van der Waals surface area contributed by atoms with Crippen LogP contribution in [0.15, 0.2) is 25.0 Å². The summed E-state index contributed by atoms with van der Waals surface area (Å²) in [6.07, 6.45) is 2.79. The SMILES string of the molecule is C=COC(=O)/C=C/C(=O)OCN. The largest absolute Gasteiger partial charge is 0.447 e. The van der Waals surface area contributed by atoms with Gasteiger partial charge in [-0.25, -0.2) is 9.59 Å². The molecule has 0 saturated carbocycles. The van der Waals surface area contributed by atoms with E-state index < -0.39 is 11.9 Å². The fourth-order valence-corrected chi connectivity index (χ4v) is 0.388. The van der Waals surface area contributed by atoms with Crippen LogP contribution in [0.3, 0.4) is 0 Å². The maximum Gasteiger partial charge on any atom is 0.335 e. The number of hydrogen-bond donors (Lipinski definition) is 1. The zero-order valence-corrected chi connectivity index (χ0v) is 6.36. The first-order valence-corrected chi connectivity index (χ1v) is 3.07. The molecule has 2 N–H and O–H groups in total. The molecule has 0 fully saturated rings. The minimum atomic E-state index is -0.696. The van der Waals surface area contributed by atoms with Crippen LogP contribution < -0.4 is 5.73 Å². The summed E-state index contributed by atoms with van der Waals surface area (Å²) in [5, 5.41) is 0. The molecule has 0 aromatic heterocycles. The first-order chi connectivity index (χ1) is 5.70. The summed E-state index contributed by atoms with van der Waals surface area (Å²) in [6, 6.07) is 0. The van der Waals surface area contributed by atoms with Gasteiger partial charge in [0.15, 0.2) is 0 Å². The standard InChI is InChI=1S/C7H9NO4/c1-2-11-6(9)3-4-7(10)12-5-8/h2-4H,1,5,8H2/b4-3+. The van der Waals surface area contributed by atoms with Gasteiger partial charge in [-0.1, -0.05) is 6.58 Å². The molecule has 0 amide bonds. The van der Waals surface area contributed by atoms with E-state index in [1.54, 1.807) is 0 Å². The van der Waals surface area contributed by atoms with E-state index in [1.807, 2.05) is 0 Å². The molecule has 0 atom stereocenters. The van der Waals surface area contributed by atoms with Crippen molar-refractivity contribution in [2.75, 3.05) is 6.73 Å². The third-order valence-corrected chi connectivity index (χ3v) is 0.781. The second kappa shape index (κ2) is 6.11. The molecular weight excluding hydrogens is 162 g/mol. The van der Waals surface area contributed by atoms with Crippen LogP contribution in [0.5, 0.6) is 0 Å². The number of ether oxygens (including phenoxy) is 2. The number of rotatable bonds is 4. The lowest BCUT2D eigenvalue weighted by Gasteiger charge is -1.93. The third kappa shape index (κ3) is 5.19. The number of carbonyl (C=O) groups excluding carboxylic acids is 2. The summed E-state index contributed by atoms with van der Waals surface area (Å²) in [4.78, 5) is 21.1. The van der Waals surface area contributed by atoms with Crippen LogP contribution in [-0.4, -0.2) is 18.7 Å². The Morgan fingerprint density at radius 3 is 2.42 bits per heavy atom. The molecule has 0 aliphatic carbocycles. The van der Waals surface area contributed by atoms with Gasteiger partial charge in [0.1, 0.15) is 6.73 Å². The molecule has 0 unspecified atom stereocenters. The van der Waals surface area contributed by atoms with Gasteiger partial charge < -0.3 is 9.47 Å². The molecule has 0 rings (SSSR count). The second-order valence-electron chi connectivity index (χ2n) is 1.57. The first kappa shape index (κ1) is 10.4. The van der Waals surface area contributed by atoms with Crippen LogP contribution in [0.4, 0.5) is 0 Å². The molecule has 0 aromatic carbocycles. The van der Waals surface area contributed by atoms with E-state index in [9.17, 15) is 9.59 Å². The Labute approximate surface area is 69.4 Å². The highest BCUT2D eigenvalue weighted by Gasteiger charge is 1.97. The molecule has 0 aliphatic rings. The Hall–Kier alpha value is -1.62. The predicted molar refractivity (Wildman–Crippen MR) is 40.6 cm³/mol. The van der Waals surface area contributed by atoms with Crippen molar-refractivity contribution in [2.24, 2.45) is 5.73 Å². The van der Waals surface area contributed by atoms with Crippen molar-refractivity contribution in [1.82, 2.24) is 0 Å². The molecule has 0 bridgehead atoms. The molecule has 0 aliphatic heterocycles. The normalized spacial score (nSPS) is 9.42. The zero-order valence-electron chi connectivity index (χ0n) is 6.36. The fourth-order valence-electron chi connectivity index (χ4n) is 0.388. The Bertz CT molecular complexity index is 209. The van der Waals surface area contributed by atoms with Gasteiger partial charge in [0.2, 0.25) is 0 Å². The van der Waals surface area contributed by atoms with Gasteiger partial charge in [0.25, 0.3) is 0 Å². The van der Waals surface area contributed by atoms with Crippen LogP contribution >= 0.6 is 0 Å². The third-order valence-electron chi connectivity index (χ3n) is 0.781. The van der Waals surface area contributed by atoms with E-state index in [-0.39, 0.29) is 6.73 Å². The lowest BCUT2D eigenvalue weighted by molar-refractivity contribution is -0.138. The van der Waals surface area contributed by atoms with E-state index in [4.69, 9.17) is 5.73 Å². The zero-order chi connectivity index (χ0) is 9.40. The van der Waals surface area contributed by atoms with Crippen LogP contribution in [-0.2, 0) is 19.1 Å². The van der Waals surface area contributed by atoms with Crippen molar-refractivity contribution in [3.8, 4) is 0 Å². The van der Waals surface area contributed by atoms with Crippen LogP contribution in [0.25, 0.3) is 0 Å². The number of carbonyl (C=O) groups is 2. The molecule has 12 heavy (non-hydrogen) atoms. The minimum absolute atomic E-state index is 0.223. The molecule has 5 heteroatoms. The molecule has 0 saturated heterocycles. The second-order valence-corrected chi connectivity index (χ2v) is 1.57. The highest BCUT2D eigenvalue weighted by molar-refractivity contribution is 5.91. The molecule has 66 valence electrons. The van der Waals surface area contributed by atoms with Crippen molar-refractivity contribution in [1.29, 1.82) is 0 Å². The molecule has 0 spiro atoms. The lowest BCUT2D eigenvalue weighted by Crippen LogP contribution is -2.10. The minimum Gasteiger partial charge on any atom is -0.447 e. The smallest absolute Gasteiger partial charge is 0.335 e. The van der Waals surface area contributed by atoms with E-state index in [2.05, 4.69) is 16.1 Å². The quantitative estimate of drug-likeness (QED) is 0.271. The van der Waals surface area contributed by atoms with E-state index >= 15 is 0 Å². The van der Waals surface area contributed by atoms with Crippen molar-refractivity contribution >= 4 is 11.9 Å². The van der Waals surface area contributed by atoms with Gasteiger partial charge in [-0.15, -0.1) is 0 Å². The van der Waals surface area contributed by atoms with E-state index in [0.717, 1.165) is 18.4 Å². The lowest BCUT2D eigenvalue weighted by atomic mass is 10.5. The summed E-state index contributed by atoms with van der Waals surface area (Å²) < 4.78 is 8.56. The Morgan fingerprint density at radius 2 is 1.92 bits per heavy atom. The highest BCUT2D eigenvalue weighted by Crippen LogP contribution is 1.83. The maximum absolute atomic E-state index is 10.5. The van der Waals surface area contributed by atoms with Crippen molar-refractivity contribution in [2.45, 2.75) is 0 Å². The fraction of sp³-hybridized carbons (Fsp3) is 0.143. The summed E-state index contributed by atoms with van der Waals surface area (Å²) >= 11 is 0. The van der Waals surface area contributed by atoms with Gasteiger partial charge >= 0.3 is 11.9 Å². The van der Waals surface area contributed by atoms with Gasteiger partial charge in [0.05, 0.1) is 6.26 Å². The topological polar surface area (TPSA) is 78.6 Å². The molecule has 0 heterocycles. The summed E-state index contributed by atoms with van der Waals surface area (Å²) in [5.41, 5.74) is 4.89. The van der Waals surface area contributed by atoms with Crippen LogP contribution in [0, 0.1) is 0 Å². The van der Waals surface area contributed by atoms with Gasteiger partial charge in [-0.3, -0.25) is 5.73 Å². The van der Waals surface area contributed by atoms with Crippen molar-refractivity contribution < 1.29 is 19.1 Å². The van der Waals surface area contributed by atoms with Gasteiger partial charge in [-0.2, -0.15) is 0 Å². The highest BCUT2D eigenvalue weighted by atomic mass is 16.5. The Kier molecular flexibility index (Phi) is 5.29. The number of esters is 2. The molecule has 5 nitrogen and oxygen atoms in total. The van der Waals surface area contributed by atoms with Crippen molar-refractivity contribution in [3.05, 3.63) is 25.0 Å². The average molecular weight is 171 g/mol. The Balaban J connectivity index is 3.80. The van der Waals surface area contributed by atoms with Crippen LogP contribution in [0.2, 0.25) is 0 Å². The van der Waals surface area contributed by atoms with Gasteiger partial charge in [-0.05, 0) is 0 Å². The Morgan fingerprint density at radius 1 is 1.33 bits per heavy atom. The number of nitrogens with two attached hydrogens (primary N) is 1. The van der Waals surface area contributed by atoms with E-state index in [1.165, 1.54) is 0 Å². The summed E-state index contributed by atoms with van der Waals surface area (Å²) in [7, 11) is 0. The van der Waals surface area contributed by atoms with E-state index in [0.29, 0.717) is 0 Å². The summed E-state index contributed by atoms with van der Waals surface area (Å²) in [5.74, 6) is -1.39. The number of hydrogen-bond acceptors (Lipinski definition) is 5. The monoisotopic (exact) mass is 171 g/mol. The molecular formula is C7H9NO4. The summed E-state index contributed by atoms with van der Waals surface area (Å²) in [6.45, 7) is 2.93.